The molecule has 47 heavy (non-hydrogen) atoms. The van der Waals surface area contributed by atoms with Gasteiger partial charge in [-0.1, -0.05) is 39.2 Å². The van der Waals surface area contributed by atoms with Crippen molar-refractivity contribution in [3.8, 4) is 11.5 Å². The Morgan fingerprint density at radius 2 is 1.11 bits per heavy atom. The topological polar surface area (TPSA) is 120 Å². The average Bonchev–Trinajstić information content (AvgIpc) is 3.48. The average molecular weight is 643 g/mol. The highest BCUT2D eigenvalue weighted by Crippen LogP contribution is 2.68. The van der Waals surface area contributed by atoms with Crippen molar-refractivity contribution in [3.63, 3.8) is 0 Å². The summed E-state index contributed by atoms with van der Waals surface area (Å²) in [6, 6.07) is 13.5. The molecule has 3 aliphatic carbocycles. The van der Waals surface area contributed by atoms with E-state index in [1.54, 1.807) is 69.3 Å². The van der Waals surface area contributed by atoms with Crippen LogP contribution in [0.3, 0.4) is 0 Å². The first-order chi connectivity index (χ1) is 22.6. The van der Waals surface area contributed by atoms with Gasteiger partial charge in [0, 0.05) is 16.9 Å². The Morgan fingerprint density at radius 1 is 0.681 bits per heavy atom. The molecule has 2 aromatic rings. The zero-order chi connectivity index (χ0) is 33.6. The summed E-state index contributed by atoms with van der Waals surface area (Å²) < 4.78 is 17.0. The lowest BCUT2D eigenvalue weighted by atomic mass is 9.43. The molecule has 10 heteroatoms. The molecule has 2 unspecified atom stereocenters. The van der Waals surface area contributed by atoms with E-state index in [2.05, 4.69) is 13.8 Å². The Morgan fingerprint density at radius 3 is 1.49 bits per heavy atom. The van der Waals surface area contributed by atoms with Crippen LogP contribution in [-0.4, -0.2) is 49.4 Å². The number of esters is 1. The molecule has 5 aliphatic rings. The molecular formula is C37H42N2O8. The predicted octanol–water partition coefficient (Wildman–Crippen LogP) is 5.49. The number of carbonyl (C=O) groups is 5. The maximum atomic E-state index is 14.4. The number of hydrogen-bond donors (Lipinski definition) is 0. The second-order valence-electron chi connectivity index (χ2n) is 13.0. The van der Waals surface area contributed by atoms with Crippen molar-refractivity contribution in [2.75, 3.05) is 29.6 Å². The molecule has 7 rings (SSSR count). The van der Waals surface area contributed by atoms with Gasteiger partial charge in [-0.25, -0.2) is 4.79 Å². The third kappa shape index (κ3) is 4.95. The molecule has 2 saturated heterocycles. The monoisotopic (exact) mass is 642 g/mol. The summed E-state index contributed by atoms with van der Waals surface area (Å²) in [6.45, 7) is 10.5. The molecule has 0 aromatic heterocycles. The Bertz CT molecular complexity index is 1530. The number of amides is 4. The fraction of sp³-hybridized carbons (Fsp3) is 0.486. The second kappa shape index (κ2) is 12.6. The van der Waals surface area contributed by atoms with Crippen LogP contribution in [0.2, 0.25) is 0 Å². The molecule has 2 heterocycles. The zero-order valence-corrected chi connectivity index (χ0v) is 27.6. The maximum Gasteiger partial charge on any atom is 0.334 e. The number of benzene rings is 2. The van der Waals surface area contributed by atoms with Gasteiger partial charge in [-0.15, -0.1) is 0 Å². The molecule has 6 atom stereocenters. The standard InChI is InChI=1S/C37H42N2O8/c1-6-9-19-46-24-15-11-22(12-16-24)38-32(40)27-26-21(4)29(36(44)45-8-3)37(5,30(27)34(38)42)31-28(26)33(41)39(35(31)43)23-13-17-25(18-14-23)47-20-10-7-2/h11-18,26-28,30-31H,6-10,19-20H2,1-5H3/t26?,27-,28+,30+,31-,37?. The van der Waals surface area contributed by atoms with Crippen LogP contribution in [0.15, 0.2) is 59.7 Å². The van der Waals surface area contributed by atoms with E-state index in [9.17, 15) is 24.0 Å². The van der Waals surface area contributed by atoms with Crippen molar-refractivity contribution in [2.45, 2.75) is 60.3 Å². The van der Waals surface area contributed by atoms with Crippen LogP contribution < -0.4 is 19.3 Å². The third-order valence-electron chi connectivity index (χ3n) is 10.4. The first-order valence-corrected chi connectivity index (χ1v) is 16.7. The van der Waals surface area contributed by atoms with E-state index < -0.39 is 64.6 Å². The minimum absolute atomic E-state index is 0.0932. The summed E-state index contributed by atoms with van der Waals surface area (Å²) in [7, 11) is 0. The minimum atomic E-state index is -1.46. The van der Waals surface area contributed by atoms with Gasteiger partial charge in [0.05, 0.1) is 54.9 Å². The minimum Gasteiger partial charge on any atom is -0.494 e. The van der Waals surface area contributed by atoms with Crippen LogP contribution in [0.1, 0.15) is 60.3 Å². The van der Waals surface area contributed by atoms with Gasteiger partial charge in [0.1, 0.15) is 11.5 Å². The van der Waals surface area contributed by atoms with Gasteiger partial charge < -0.3 is 14.2 Å². The number of allylic oxidation sites excluding steroid dienone is 1. The van der Waals surface area contributed by atoms with Gasteiger partial charge >= 0.3 is 5.97 Å². The third-order valence-corrected chi connectivity index (χ3v) is 10.4. The lowest BCUT2D eigenvalue weighted by Gasteiger charge is -2.55. The summed E-state index contributed by atoms with van der Waals surface area (Å²) in [4.78, 5) is 73.4. The number of hydrogen-bond acceptors (Lipinski definition) is 8. The Balaban J connectivity index is 1.38. The Labute approximate surface area is 275 Å². The number of ether oxygens (including phenoxy) is 3. The molecule has 0 radical (unpaired) electrons. The highest BCUT2D eigenvalue weighted by molar-refractivity contribution is 6.27. The van der Waals surface area contributed by atoms with Crippen molar-refractivity contribution in [1.82, 2.24) is 0 Å². The maximum absolute atomic E-state index is 14.4. The number of carbonyl (C=O) groups excluding carboxylic acids is 5. The molecule has 3 fully saturated rings. The summed E-state index contributed by atoms with van der Waals surface area (Å²) >= 11 is 0. The van der Waals surface area contributed by atoms with Gasteiger partial charge in [0.15, 0.2) is 0 Å². The van der Waals surface area contributed by atoms with E-state index in [1.807, 2.05) is 0 Å². The van der Waals surface area contributed by atoms with Gasteiger partial charge in [-0.05, 0) is 75.2 Å². The van der Waals surface area contributed by atoms with E-state index in [0.29, 0.717) is 41.7 Å². The van der Waals surface area contributed by atoms with Crippen molar-refractivity contribution in [2.24, 2.45) is 35.0 Å². The molecule has 248 valence electrons. The SMILES string of the molecule is CCCCOc1ccc(N2C(=O)[C@@H]3C4C(C)=C(C(=O)OCC)C(C)([C@@H]3C2=O)[C@H]2C(=O)N(c3ccc(OCCCC)cc3)C(=O)[C@@H]42)cc1. The van der Waals surface area contributed by atoms with Crippen LogP contribution in [0.25, 0.3) is 0 Å². The molecule has 1 saturated carbocycles. The van der Waals surface area contributed by atoms with Crippen molar-refractivity contribution in [3.05, 3.63) is 59.7 Å². The molecule has 2 bridgehead atoms. The molecular weight excluding hydrogens is 600 g/mol. The summed E-state index contributed by atoms with van der Waals surface area (Å²) in [5.41, 5.74) is 0.0361. The molecule has 4 amide bonds. The van der Waals surface area contributed by atoms with E-state index in [1.165, 1.54) is 0 Å². The lowest BCUT2D eigenvalue weighted by Crippen LogP contribution is -2.61. The van der Waals surface area contributed by atoms with Crippen LogP contribution in [-0.2, 0) is 28.7 Å². The first-order valence-electron chi connectivity index (χ1n) is 16.7. The Hall–Kier alpha value is -4.47. The van der Waals surface area contributed by atoms with E-state index in [-0.39, 0.29) is 12.2 Å². The van der Waals surface area contributed by atoms with Crippen LogP contribution in [0.5, 0.6) is 11.5 Å². The van der Waals surface area contributed by atoms with Crippen LogP contribution in [0, 0.1) is 35.0 Å². The van der Waals surface area contributed by atoms with Crippen molar-refractivity contribution < 1.29 is 38.2 Å². The normalized spacial score (nSPS) is 27.8. The number of rotatable bonds is 12. The van der Waals surface area contributed by atoms with Crippen molar-refractivity contribution in [1.29, 1.82) is 0 Å². The first kappa shape index (κ1) is 32.5. The van der Waals surface area contributed by atoms with Gasteiger partial charge in [0.25, 0.3) is 0 Å². The second-order valence-corrected chi connectivity index (χ2v) is 13.0. The lowest BCUT2D eigenvalue weighted by molar-refractivity contribution is -0.155. The van der Waals surface area contributed by atoms with Crippen LogP contribution in [0.4, 0.5) is 11.4 Å². The molecule has 2 aliphatic heterocycles. The van der Waals surface area contributed by atoms with Gasteiger partial charge in [-0.2, -0.15) is 0 Å². The van der Waals surface area contributed by atoms with Crippen LogP contribution >= 0.6 is 0 Å². The number of anilines is 2. The highest BCUT2D eigenvalue weighted by Gasteiger charge is 2.77. The summed E-state index contributed by atoms with van der Waals surface area (Å²) in [5, 5.41) is 0. The number of imide groups is 2. The largest absolute Gasteiger partial charge is 0.494 e. The molecule has 10 nitrogen and oxygen atoms in total. The van der Waals surface area contributed by atoms with Crippen molar-refractivity contribution >= 4 is 41.0 Å². The fourth-order valence-corrected chi connectivity index (χ4v) is 8.37. The van der Waals surface area contributed by atoms with E-state index in [4.69, 9.17) is 14.2 Å². The molecule has 0 spiro atoms. The van der Waals surface area contributed by atoms with E-state index in [0.717, 1.165) is 35.5 Å². The fourth-order valence-electron chi connectivity index (χ4n) is 8.37. The van der Waals surface area contributed by atoms with Gasteiger partial charge in [0.2, 0.25) is 23.6 Å². The number of nitrogens with zero attached hydrogens (tertiary/aromatic N) is 2. The highest BCUT2D eigenvalue weighted by atomic mass is 16.5. The quantitative estimate of drug-likeness (QED) is 0.170. The Kier molecular flexibility index (Phi) is 8.72. The molecule has 2 aromatic carbocycles. The summed E-state index contributed by atoms with van der Waals surface area (Å²) in [5.74, 6) is -5.98. The van der Waals surface area contributed by atoms with E-state index >= 15 is 0 Å². The predicted molar refractivity (Wildman–Crippen MR) is 174 cm³/mol. The zero-order valence-electron chi connectivity index (χ0n) is 27.6. The summed E-state index contributed by atoms with van der Waals surface area (Å²) in [6.07, 6.45) is 3.78. The molecule has 0 N–H and O–H groups in total. The number of unbranched alkanes of at least 4 members (excludes halogenated alkanes) is 2. The van der Waals surface area contributed by atoms with Gasteiger partial charge in [-0.3, -0.25) is 29.0 Å². The smallest absolute Gasteiger partial charge is 0.334 e.